The van der Waals surface area contributed by atoms with E-state index in [0.717, 1.165) is 17.0 Å². The van der Waals surface area contributed by atoms with Crippen LogP contribution in [-0.4, -0.2) is 41.6 Å². The Kier molecular flexibility index (Phi) is 6.08. The minimum atomic E-state index is -1.14. The number of amides is 1. The van der Waals surface area contributed by atoms with E-state index in [-0.39, 0.29) is 18.2 Å². The van der Waals surface area contributed by atoms with Crippen LogP contribution in [0.25, 0.3) is 0 Å². The maximum atomic E-state index is 13.3. The molecule has 0 aliphatic heterocycles. The summed E-state index contributed by atoms with van der Waals surface area (Å²) in [6.45, 7) is 2.96. The molecule has 1 rings (SSSR count). The Morgan fingerprint density at radius 1 is 1.33 bits per heavy atom. The molecular formula is C14H17F2NO4. The number of hydrogen-bond donors (Lipinski definition) is 1. The molecule has 1 aromatic carbocycles. The molecule has 0 saturated carbocycles. The predicted octanol–water partition coefficient (Wildman–Crippen LogP) is 1.91. The smallest absolute Gasteiger partial charge is 0.323 e. The standard InChI is InChI=1S/C14H17F2NO4/c1-9(2)6-17(7-14(19)20)13(18)8-21-12-4-3-10(15)5-11(12)16/h3-5,9H,6-8H2,1-2H3,(H,19,20). The van der Waals surface area contributed by atoms with Gasteiger partial charge in [-0.25, -0.2) is 8.78 Å². The number of hydrogen-bond acceptors (Lipinski definition) is 3. The van der Waals surface area contributed by atoms with E-state index in [0.29, 0.717) is 6.07 Å². The highest BCUT2D eigenvalue weighted by atomic mass is 19.1. The zero-order valence-corrected chi connectivity index (χ0v) is 11.8. The molecule has 1 amide bonds. The molecule has 1 N–H and O–H groups in total. The molecule has 0 aromatic heterocycles. The van der Waals surface area contributed by atoms with Crippen molar-refractivity contribution in [2.75, 3.05) is 19.7 Å². The summed E-state index contributed by atoms with van der Waals surface area (Å²) < 4.78 is 31.0. The molecule has 0 unspecified atom stereocenters. The van der Waals surface area contributed by atoms with Gasteiger partial charge in [-0.3, -0.25) is 9.59 Å². The van der Waals surface area contributed by atoms with Crippen LogP contribution in [0.15, 0.2) is 18.2 Å². The highest BCUT2D eigenvalue weighted by Gasteiger charge is 2.19. The number of carboxylic acid groups (broad SMARTS) is 1. The number of carboxylic acids is 1. The van der Waals surface area contributed by atoms with Gasteiger partial charge in [0.15, 0.2) is 18.2 Å². The molecule has 7 heteroatoms. The van der Waals surface area contributed by atoms with Crippen LogP contribution in [0.4, 0.5) is 8.78 Å². The van der Waals surface area contributed by atoms with E-state index in [9.17, 15) is 18.4 Å². The monoisotopic (exact) mass is 301 g/mol. The first-order valence-electron chi connectivity index (χ1n) is 6.37. The molecule has 21 heavy (non-hydrogen) atoms. The number of ether oxygens (including phenoxy) is 1. The average Bonchev–Trinajstić information content (AvgIpc) is 2.35. The van der Waals surface area contributed by atoms with Gasteiger partial charge in [-0.05, 0) is 18.1 Å². The van der Waals surface area contributed by atoms with Gasteiger partial charge in [0.05, 0.1) is 0 Å². The number of aliphatic carboxylic acids is 1. The Bertz CT molecular complexity index is 520. The summed E-state index contributed by atoms with van der Waals surface area (Å²) in [5.41, 5.74) is 0. The molecule has 0 saturated heterocycles. The van der Waals surface area contributed by atoms with Crippen LogP contribution in [-0.2, 0) is 9.59 Å². The SMILES string of the molecule is CC(C)CN(CC(=O)O)C(=O)COc1ccc(F)cc1F. The van der Waals surface area contributed by atoms with Crippen LogP contribution in [0.1, 0.15) is 13.8 Å². The molecule has 0 atom stereocenters. The third kappa shape index (κ3) is 5.76. The van der Waals surface area contributed by atoms with Gasteiger partial charge in [0.25, 0.3) is 5.91 Å². The Morgan fingerprint density at radius 3 is 2.52 bits per heavy atom. The molecule has 0 radical (unpaired) electrons. The quantitative estimate of drug-likeness (QED) is 0.835. The Balaban J connectivity index is 2.66. The van der Waals surface area contributed by atoms with Crippen LogP contribution in [0.3, 0.4) is 0 Å². The topological polar surface area (TPSA) is 66.8 Å². The molecular weight excluding hydrogens is 284 g/mol. The summed E-state index contributed by atoms with van der Waals surface area (Å²) in [6, 6.07) is 2.72. The molecule has 116 valence electrons. The summed E-state index contributed by atoms with van der Waals surface area (Å²) in [5.74, 6) is -3.57. The van der Waals surface area contributed by atoms with Crippen LogP contribution < -0.4 is 4.74 Å². The molecule has 5 nitrogen and oxygen atoms in total. The van der Waals surface area contributed by atoms with Crippen molar-refractivity contribution in [3.8, 4) is 5.75 Å². The zero-order valence-electron chi connectivity index (χ0n) is 11.8. The second-order valence-electron chi connectivity index (χ2n) is 4.93. The zero-order chi connectivity index (χ0) is 16.0. The summed E-state index contributed by atoms with van der Waals surface area (Å²) in [7, 11) is 0. The summed E-state index contributed by atoms with van der Waals surface area (Å²) in [4.78, 5) is 23.8. The number of benzene rings is 1. The van der Waals surface area contributed by atoms with Crippen LogP contribution >= 0.6 is 0 Å². The summed E-state index contributed by atoms with van der Waals surface area (Å²) >= 11 is 0. The molecule has 0 aliphatic rings. The fraction of sp³-hybridized carbons (Fsp3) is 0.429. The van der Waals surface area contributed by atoms with Crippen LogP contribution in [0.2, 0.25) is 0 Å². The maximum Gasteiger partial charge on any atom is 0.323 e. The van der Waals surface area contributed by atoms with Crippen LogP contribution in [0.5, 0.6) is 5.75 Å². The highest BCUT2D eigenvalue weighted by molar-refractivity contribution is 5.82. The molecule has 0 heterocycles. The molecule has 0 fully saturated rings. The van der Waals surface area contributed by atoms with Gasteiger partial charge in [0, 0.05) is 12.6 Å². The predicted molar refractivity (Wildman–Crippen MR) is 70.9 cm³/mol. The Morgan fingerprint density at radius 2 is 2.00 bits per heavy atom. The lowest BCUT2D eigenvalue weighted by atomic mass is 10.2. The molecule has 0 bridgehead atoms. The lowest BCUT2D eigenvalue weighted by Gasteiger charge is -2.22. The first-order chi connectivity index (χ1) is 9.79. The van der Waals surface area contributed by atoms with Gasteiger partial charge < -0.3 is 14.7 Å². The minimum Gasteiger partial charge on any atom is -0.481 e. The van der Waals surface area contributed by atoms with Crippen molar-refractivity contribution in [1.29, 1.82) is 0 Å². The number of rotatable bonds is 7. The molecule has 1 aromatic rings. The minimum absolute atomic E-state index is 0.0795. The van der Waals surface area contributed by atoms with E-state index in [1.807, 2.05) is 13.8 Å². The largest absolute Gasteiger partial charge is 0.481 e. The molecule has 0 spiro atoms. The lowest BCUT2D eigenvalue weighted by molar-refractivity contribution is -0.145. The van der Waals surface area contributed by atoms with Crippen LogP contribution in [0, 0.1) is 17.6 Å². The summed E-state index contributed by atoms with van der Waals surface area (Å²) in [6.07, 6.45) is 0. The van der Waals surface area contributed by atoms with E-state index >= 15 is 0 Å². The fourth-order valence-corrected chi connectivity index (χ4v) is 1.68. The van der Waals surface area contributed by atoms with Gasteiger partial charge in [0.2, 0.25) is 0 Å². The number of nitrogens with zero attached hydrogens (tertiary/aromatic N) is 1. The number of carbonyl (C=O) groups is 2. The Labute approximate surface area is 121 Å². The van der Waals surface area contributed by atoms with E-state index in [2.05, 4.69) is 0 Å². The second-order valence-corrected chi connectivity index (χ2v) is 4.93. The Hall–Kier alpha value is -2.18. The van der Waals surface area contributed by atoms with Gasteiger partial charge in [0.1, 0.15) is 12.4 Å². The van der Waals surface area contributed by atoms with Crippen molar-refractivity contribution in [2.45, 2.75) is 13.8 Å². The van der Waals surface area contributed by atoms with E-state index in [1.54, 1.807) is 0 Å². The third-order valence-corrected chi connectivity index (χ3v) is 2.51. The normalized spacial score (nSPS) is 10.5. The van der Waals surface area contributed by atoms with Gasteiger partial charge in [-0.2, -0.15) is 0 Å². The highest BCUT2D eigenvalue weighted by Crippen LogP contribution is 2.17. The van der Waals surface area contributed by atoms with Crippen molar-refractivity contribution in [2.24, 2.45) is 5.92 Å². The van der Waals surface area contributed by atoms with Gasteiger partial charge in [-0.1, -0.05) is 13.8 Å². The first kappa shape index (κ1) is 16.9. The average molecular weight is 301 g/mol. The van der Waals surface area contributed by atoms with Gasteiger partial charge >= 0.3 is 5.97 Å². The number of halogens is 2. The number of carbonyl (C=O) groups excluding carboxylic acids is 1. The van der Waals surface area contributed by atoms with Crippen molar-refractivity contribution in [3.63, 3.8) is 0 Å². The second kappa shape index (κ2) is 7.56. The van der Waals surface area contributed by atoms with Gasteiger partial charge in [-0.15, -0.1) is 0 Å². The maximum absolute atomic E-state index is 13.3. The molecule has 0 aliphatic carbocycles. The lowest BCUT2D eigenvalue weighted by Crippen LogP contribution is -2.40. The van der Waals surface area contributed by atoms with Crippen molar-refractivity contribution < 1.29 is 28.2 Å². The van der Waals surface area contributed by atoms with E-state index in [4.69, 9.17) is 9.84 Å². The van der Waals surface area contributed by atoms with Crippen molar-refractivity contribution in [3.05, 3.63) is 29.8 Å². The first-order valence-corrected chi connectivity index (χ1v) is 6.37. The summed E-state index contributed by atoms with van der Waals surface area (Å²) in [5, 5.41) is 8.77. The van der Waals surface area contributed by atoms with Crippen molar-refractivity contribution >= 4 is 11.9 Å². The fourth-order valence-electron chi connectivity index (χ4n) is 1.68. The van der Waals surface area contributed by atoms with E-state index < -0.39 is 36.7 Å². The van der Waals surface area contributed by atoms with E-state index in [1.165, 1.54) is 0 Å². The third-order valence-electron chi connectivity index (χ3n) is 2.51. The van der Waals surface area contributed by atoms with Crippen molar-refractivity contribution in [1.82, 2.24) is 4.90 Å².